The van der Waals surface area contributed by atoms with Crippen LogP contribution in [0, 0.1) is 18.7 Å². The predicted octanol–water partition coefficient (Wildman–Crippen LogP) is 4.31. The number of halogens is 1. The summed E-state index contributed by atoms with van der Waals surface area (Å²) in [6, 6.07) is 2.02. The Morgan fingerprint density at radius 1 is 1.29 bits per heavy atom. The summed E-state index contributed by atoms with van der Waals surface area (Å²) in [6.45, 7) is 12.0. The van der Waals surface area contributed by atoms with Crippen molar-refractivity contribution in [3.8, 4) is 11.3 Å². The molecule has 2 aliphatic heterocycles. The third kappa shape index (κ3) is 2.50. The van der Waals surface area contributed by atoms with Gasteiger partial charge in [-0.15, -0.1) is 0 Å². The molecule has 28 heavy (non-hydrogen) atoms. The van der Waals surface area contributed by atoms with Gasteiger partial charge in [0.2, 0.25) is 0 Å². The van der Waals surface area contributed by atoms with Crippen molar-refractivity contribution in [2.45, 2.75) is 51.6 Å². The molecular formula is C22H27FN4O. The SMILES string of the molecule is C=C1c2ncoc2-c2cc(F)c(N3CCC(C(C)(C)N)C3)c(C)c2N1C1CC1. The molecule has 6 heteroatoms. The van der Waals surface area contributed by atoms with Crippen molar-refractivity contribution >= 4 is 17.1 Å². The first-order valence-electron chi connectivity index (χ1n) is 10.1. The molecule has 1 aromatic heterocycles. The first-order chi connectivity index (χ1) is 13.3. The molecule has 1 aliphatic carbocycles. The van der Waals surface area contributed by atoms with Gasteiger partial charge in [0.15, 0.2) is 12.2 Å². The molecule has 5 rings (SSSR count). The first kappa shape index (κ1) is 17.7. The van der Waals surface area contributed by atoms with Crippen LogP contribution in [0.25, 0.3) is 17.0 Å². The van der Waals surface area contributed by atoms with Gasteiger partial charge in [0, 0.05) is 30.2 Å². The summed E-state index contributed by atoms with van der Waals surface area (Å²) in [5.41, 5.74) is 11.1. The molecule has 1 unspecified atom stereocenters. The summed E-state index contributed by atoms with van der Waals surface area (Å²) >= 11 is 0. The van der Waals surface area contributed by atoms with E-state index in [9.17, 15) is 0 Å². The lowest BCUT2D eigenvalue weighted by Gasteiger charge is -2.35. The molecule has 0 amide bonds. The van der Waals surface area contributed by atoms with Gasteiger partial charge in [-0.05, 0) is 57.6 Å². The van der Waals surface area contributed by atoms with Crippen LogP contribution in [0.2, 0.25) is 0 Å². The Kier molecular flexibility index (Phi) is 3.69. The summed E-state index contributed by atoms with van der Waals surface area (Å²) in [6.07, 6.45) is 4.63. The zero-order chi connectivity index (χ0) is 19.8. The number of hydrogen-bond donors (Lipinski definition) is 1. The van der Waals surface area contributed by atoms with Gasteiger partial charge < -0.3 is 20.0 Å². The minimum absolute atomic E-state index is 0.211. The minimum atomic E-state index is -0.267. The topological polar surface area (TPSA) is 58.5 Å². The molecular weight excluding hydrogens is 355 g/mol. The molecule has 1 saturated heterocycles. The van der Waals surface area contributed by atoms with Crippen molar-refractivity contribution in [1.82, 2.24) is 4.98 Å². The number of aromatic nitrogens is 1. The average molecular weight is 382 g/mol. The number of benzene rings is 1. The van der Waals surface area contributed by atoms with Crippen LogP contribution in [0.3, 0.4) is 0 Å². The number of hydrogen-bond acceptors (Lipinski definition) is 5. The lowest BCUT2D eigenvalue weighted by atomic mass is 9.88. The first-order valence-corrected chi connectivity index (χ1v) is 10.1. The van der Waals surface area contributed by atoms with E-state index in [1.165, 1.54) is 6.39 Å². The Bertz CT molecular complexity index is 970. The molecule has 1 atom stereocenters. The van der Waals surface area contributed by atoms with Crippen LogP contribution in [-0.2, 0) is 0 Å². The van der Waals surface area contributed by atoms with E-state index in [-0.39, 0.29) is 11.4 Å². The van der Waals surface area contributed by atoms with Gasteiger partial charge in [-0.1, -0.05) is 6.58 Å². The third-order valence-corrected chi connectivity index (χ3v) is 6.55. The molecule has 3 heterocycles. The Morgan fingerprint density at radius 2 is 2.04 bits per heavy atom. The normalized spacial score (nSPS) is 21.9. The van der Waals surface area contributed by atoms with Crippen LogP contribution in [0.15, 0.2) is 23.5 Å². The monoisotopic (exact) mass is 382 g/mol. The van der Waals surface area contributed by atoms with Gasteiger partial charge in [0.05, 0.1) is 17.1 Å². The smallest absolute Gasteiger partial charge is 0.182 e. The van der Waals surface area contributed by atoms with Crippen molar-refractivity contribution in [2.75, 3.05) is 22.9 Å². The summed E-state index contributed by atoms with van der Waals surface area (Å²) < 4.78 is 21.0. The van der Waals surface area contributed by atoms with Crippen LogP contribution in [0.1, 0.15) is 44.4 Å². The van der Waals surface area contributed by atoms with Crippen molar-refractivity contribution in [2.24, 2.45) is 11.7 Å². The Hall–Kier alpha value is -2.34. The second kappa shape index (κ2) is 5.83. The van der Waals surface area contributed by atoms with Crippen LogP contribution >= 0.6 is 0 Å². The van der Waals surface area contributed by atoms with E-state index in [1.807, 2.05) is 6.92 Å². The van der Waals surface area contributed by atoms with Crippen LogP contribution < -0.4 is 15.5 Å². The minimum Gasteiger partial charge on any atom is -0.443 e. The van der Waals surface area contributed by atoms with Gasteiger partial charge in [-0.3, -0.25) is 0 Å². The van der Waals surface area contributed by atoms with Gasteiger partial charge >= 0.3 is 0 Å². The van der Waals surface area contributed by atoms with Crippen molar-refractivity contribution < 1.29 is 8.81 Å². The molecule has 0 radical (unpaired) electrons. The fraction of sp³-hybridized carbons (Fsp3) is 0.500. The Labute approximate surface area is 165 Å². The molecule has 2 aromatic rings. The van der Waals surface area contributed by atoms with Gasteiger partial charge in [-0.2, -0.15) is 0 Å². The average Bonchev–Trinajstić information content (AvgIpc) is 3.12. The number of fused-ring (bicyclic) bond motifs is 3. The fourth-order valence-corrected chi connectivity index (χ4v) is 4.83. The van der Waals surface area contributed by atoms with Crippen LogP contribution in [0.4, 0.5) is 15.8 Å². The summed E-state index contributed by atoms with van der Waals surface area (Å²) in [7, 11) is 0. The highest BCUT2D eigenvalue weighted by molar-refractivity contribution is 5.98. The molecule has 148 valence electrons. The predicted molar refractivity (Wildman–Crippen MR) is 110 cm³/mol. The van der Waals surface area contributed by atoms with E-state index in [1.54, 1.807) is 6.07 Å². The third-order valence-electron chi connectivity index (χ3n) is 6.55. The maximum atomic E-state index is 15.4. The largest absolute Gasteiger partial charge is 0.443 e. The second-order valence-corrected chi connectivity index (χ2v) is 9.06. The highest BCUT2D eigenvalue weighted by Gasteiger charge is 2.41. The van der Waals surface area contributed by atoms with E-state index < -0.39 is 0 Å². The van der Waals surface area contributed by atoms with Gasteiger partial charge in [0.1, 0.15) is 11.5 Å². The quantitative estimate of drug-likeness (QED) is 0.857. The number of anilines is 2. The van der Waals surface area contributed by atoms with Crippen molar-refractivity contribution in [3.63, 3.8) is 0 Å². The fourth-order valence-electron chi connectivity index (χ4n) is 4.83. The zero-order valence-electron chi connectivity index (χ0n) is 16.8. The highest BCUT2D eigenvalue weighted by atomic mass is 19.1. The van der Waals surface area contributed by atoms with Crippen molar-refractivity contribution in [1.29, 1.82) is 0 Å². The van der Waals surface area contributed by atoms with Crippen LogP contribution in [-0.4, -0.2) is 29.7 Å². The van der Waals surface area contributed by atoms with E-state index in [0.29, 0.717) is 23.4 Å². The Balaban J connectivity index is 1.64. The molecule has 3 aliphatic rings. The van der Waals surface area contributed by atoms with Crippen LogP contribution in [0.5, 0.6) is 0 Å². The molecule has 2 fully saturated rings. The molecule has 1 saturated carbocycles. The number of nitrogens with zero attached hydrogens (tertiary/aromatic N) is 3. The number of nitrogens with two attached hydrogens (primary N) is 1. The lowest BCUT2D eigenvalue weighted by Crippen LogP contribution is -2.42. The van der Waals surface area contributed by atoms with E-state index in [0.717, 1.165) is 60.6 Å². The highest BCUT2D eigenvalue weighted by Crippen LogP contribution is 2.52. The number of oxazole rings is 1. The molecule has 0 bridgehead atoms. The zero-order valence-corrected chi connectivity index (χ0v) is 16.8. The molecule has 5 nitrogen and oxygen atoms in total. The van der Waals surface area contributed by atoms with E-state index >= 15 is 4.39 Å². The maximum absolute atomic E-state index is 15.4. The molecule has 1 aromatic carbocycles. The van der Waals surface area contributed by atoms with Gasteiger partial charge in [0.25, 0.3) is 0 Å². The maximum Gasteiger partial charge on any atom is 0.182 e. The van der Waals surface area contributed by atoms with E-state index in [2.05, 4.69) is 35.2 Å². The van der Waals surface area contributed by atoms with Crippen molar-refractivity contribution in [3.05, 3.63) is 36.1 Å². The second-order valence-electron chi connectivity index (χ2n) is 9.06. The summed E-state index contributed by atoms with van der Waals surface area (Å²) in [5, 5.41) is 0. The molecule has 0 spiro atoms. The standard InChI is InChI=1S/C22H27FN4O/c1-12-19-16(21-18(25-11-28-21)13(2)27(19)15-5-6-15)9-17(23)20(12)26-8-7-14(10-26)22(3,4)24/h9,11,14-15H,2,5-8,10,24H2,1,3-4H3. The van der Waals surface area contributed by atoms with E-state index in [4.69, 9.17) is 10.2 Å². The summed E-state index contributed by atoms with van der Waals surface area (Å²) in [4.78, 5) is 8.75. The Morgan fingerprint density at radius 3 is 2.68 bits per heavy atom. The molecule has 2 N–H and O–H groups in total. The lowest BCUT2D eigenvalue weighted by molar-refractivity contribution is 0.348. The summed E-state index contributed by atoms with van der Waals surface area (Å²) in [5.74, 6) is 0.753. The number of rotatable bonds is 3. The van der Waals surface area contributed by atoms with Gasteiger partial charge in [-0.25, -0.2) is 9.37 Å².